The molecule has 0 bridgehead atoms. The van der Waals surface area contributed by atoms with Gasteiger partial charge < -0.3 is 14.5 Å². The minimum atomic E-state index is 0.300. The monoisotopic (exact) mass is 210 g/mol. The molecule has 0 amide bonds. The van der Waals surface area contributed by atoms with E-state index in [0.717, 1.165) is 37.4 Å². The molecule has 15 heavy (non-hydrogen) atoms. The van der Waals surface area contributed by atoms with E-state index in [0.29, 0.717) is 12.0 Å². The first-order chi connectivity index (χ1) is 7.36. The molecule has 2 unspecified atom stereocenters. The van der Waals surface area contributed by atoms with E-state index < -0.39 is 0 Å². The van der Waals surface area contributed by atoms with Gasteiger partial charge in [-0.05, 0) is 19.9 Å². The van der Waals surface area contributed by atoms with Crippen molar-refractivity contribution in [2.24, 2.45) is 0 Å². The van der Waals surface area contributed by atoms with Crippen molar-refractivity contribution in [3.05, 3.63) is 17.8 Å². The summed E-state index contributed by atoms with van der Waals surface area (Å²) < 4.78 is 11.2. The fraction of sp³-hybridized carbons (Fsp3) is 0.727. The van der Waals surface area contributed by atoms with E-state index in [1.807, 2.05) is 7.05 Å². The number of hydrogen-bond acceptors (Lipinski definition) is 4. The zero-order valence-electron chi connectivity index (χ0n) is 9.32. The van der Waals surface area contributed by atoms with Gasteiger partial charge >= 0.3 is 0 Å². The zero-order chi connectivity index (χ0) is 10.7. The van der Waals surface area contributed by atoms with Crippen LogP contribution in [-0.2, 0) is 11.3 Å². The van der Waals surface area contributed by atoms with Crippen molar-refractivity contribution in [3.63, 3.8) is 0 Å². The molecule has 84 valence electrons. The molecule has 1 aromatic heterocycles. The van der Waals surface area contributed by atoms with Crippen molar-refractivity contribution in [2.75, 3.05) is 13.7 Å². The Morgan fingerprint density at radius 3 is 3.20 bits per heavy atom. The first kappa shape index (κ1) is 10.6. The van der Waals surface area contributed by atoms with E-state index >= 15 is 0 Å². The lowest BCUT2D eigenvalue weighted by molar-refractivity contribution is 0.0971. The van der Waals surface area contributed by atoms with Crippen molar-refractivity contribution in [1.82, 2.24) is 10.3 Å². The van der Waals surface area contributed by atoms with Crippen LogP contribution >= 0.6 is 0 Å². The van der Waals surface area contributed by atoms with E-state index in [1.54, 1.807) is 0 Å². The smallest absolute Gasteiger partial charge is 0.181 e. The highest BCUT2D eigenvalue weighted by molar-refractivity contribution is 5.15. The largest absolute Gasteiger partial charge is 0.448 e. The highest BCUT2D eigenvalue weighted by Gasteiger charge is 2.32. The Balaban J connectivity index is 2.16. The van der Waals surface area contributed by atoms with Gasteiger partial charge in [0.2, 0.25) is 0 Å². The number of aromatic nitrogens is 1. The highest BCUT2D eigenvalue weighted by atomic mass is 16.5. The Morgan fingerprint density at radius 1 is 1.60 bits per heavy atom. The summed E-state index contributed by atoms with van der Waals surface area (Å²) in [6, 6.07) is 0. The fourth-order valence-electron chi connectivity index (χ4n) is 2.23. The summed E-state index contributed by atoms with van der Waals surface area (Å²) in [4.78, 5) is 4.23. The van der Waals surface area contributed by atoms with Gasteiger partial charge in [-0.15, -0.1) is 0 Å². The third-order valence-corrected chi connectivity index (χ3v) is 2.97. The standard InChI is InChI=1S/C11H18N2O2/c1-3-10-8(4-5-14-10)11-9(6-12-2)13-7-15-11/h7-8,10,12H,3-6H2,1-2H3. The van der Waals surface area contributed by atoms with Gasteiger partial charge in [-0.25, -0.2) is 4.98 Å². The lowest BCUT2D eigenvalue weighted by atomic mass is 9.95. The van der Waals surface area contributed by atoms with Crippen molar-refractivity contribution < 1.29 is 9.15 Å². The number of hydrogen-bond donors (Lipinski definition) is 1. The maximum absolute atomic E-state index is 5.66. The van der Waals surface area contributed by atoms with Crippen LogP contribution in [0.15, 0.2) is 10.8 Å². The highest BCUT2D eigenvalue weighted by Crippen LogP contribution is 2.34. The normalized spacial score (nSPS) is 26.0. The lowest BCUT2D eigenvalue weighted by Gasteiger charge is -2.15. The molecule has 0 saturated carbocycles. The second-order valence-electron chi connectivity index (χ2n) is 3.91. The molecule has 0 radical (unpaired) electrons. The van der Waals surface area contributed by atoms with E-state index in [2.05, 4.69) is 17.2 Å². The summed E-state index contributed by atoms with van der Waals surface area (Å²) in [6.45, 7) is 3.75. The number of rotatable bonds is 4. The molecule has 2 rings (SSSR count). The van der Waals surface area contributed by atoms with Gasteiger partial charge in [0, 0.05) is 19.1 Å². The molecule has 0 aromatic carbocycles. The molecule has 1 fully saturated rings. The molecule has 1 aliphatic heterocycles. The predicted octanol–water partition coefficient (Wildman–Crippen LogP) is 1.68. The van der Waals surface area contributed by atoms with E-state index in [9.17, 15) is 0 Å². The quantitative estimate of drug-likeness (QED) is 0.821. The summed E-state index contributed by atoms with van der Waals surface area (Å²) in [5, 5.41) is 3.10. The summed E-state index contributed by atoms with van der Waals surface area (Å²) in [7, 11) is 1.92. The Bertz CT molecular complexity index is 311. The molecule has 4 heteroatoms. The van der Waals surface area contributed by atoms with Gasteiger partial charge in [-0.1, -0.05) is 6.92 Å². The molecule has 2 heterocycles. The Hall–Kier alpha value is -0.870. The van der Waals surface area contributed by atoms with Crippen LogP contribution in [0, 0.1) is 0 Å². The maximum atomic E-state index is 5.66. The zero-order valence-corrected chi connectivity index (χ0v) is 9.32. The first-order valence-corrected chi connectivity index (χ1v) is 5.55. The van der Waals surface area contributed by atoms with Gasteiger partial charge in [0.15, 0.2) is 6.39 Å². The third kappa shape index (κ3) is 2.06. The van der Waals surface area contributed by atoms with Crippen LogP contribution in [0.2, 0.25) is 0 Å². The minimum absolute atomic E-state index is 0.300. The summed E-state index contributed by atoms with van der Waals surface area (Å²) in [5.41, 5.74) is 1.02. The second-order valence-corrected chi connectivity index (χ2v) is 3.91. The number of nitrogens with zero attached hydrogens (tertiary/aromatic N) is 1. The van der Waals surface area contributed by atoms with Gasteiger partial charge in [0.25, 0.3) is 0 Å². The Labute approximate surface area is 90.0 Å². The molecular formula is C11H18N2O2. The molecule has 1 N–H and O–H groups in total. The summed E-state index contributed by atoms with van der Waals surface area (Å²) in [6.07, 6.45) is 3.91. The van der Waals surface area contributed by atoms with Crippen molar-refractivity contribution in [1.29, 1.82) is 0 Å². The molecule has 1 saturated heterocycles. The van der Waals surface area contributed by atoms with Crippen molar-refractivity contribution in [2.45, 2.75) is 38.3 Å². The van der Waals surface area contributed by atoms with E-state index in [4.69, 9.17) is 9.15 Å². The molecule has 0 aliphatic carbocycles. The van der Waals surface area contributed by atoms with Crippen LogP contribution in [0.4, 0.5) is 0 Å². The molecule has 4 nitrogen and oxygen atoms in total. The lowest BCUT2D eigenvalue weighted by Crippen LogP contribution is -2.15. The summed E-state index contributed by atoms with van der Waals surface area (Å²) in [5.74, 6) is 1.40. The van der Waals surface area contributed by atoms with Crippen molar-refractivity contribution in [3.8, 4) is 0 Å². The molecular weight excluding hydrogens is 192 g/mol. The van der Waals surface area contributed by atoms with Gasteiger partial charge in [-0.2, -0.15) is 0 Å². The third-order valence-electron chi connectivity index (χ3n) is 2.97. The van der Waals surface area contributed by atoms with Crippen molar-refractivity contribution >= 4 is 0 Å². The van der Waals surface area contributed by atoms with Crippen LogP contribution < -0.4 is 5.32 Å². The first-order valence-electron chi connectivity index (χ1n) is 5.55. The predicted molar refractivity (Wildman–Crippen MR) is 56.7 cm³/mol. The van der Waals surface area contributed by atoms with Crippen LogP contribution in [0.25, 0.3) is 0 Å². The molecule has 1 aliphatic rings. The number of nitrogens with one attached hydrogen (secondary N) is 1. The Kier molecular flexibility index (Phi) is 3.38. The van der Waals surface area contributed by atoms with E-state index in [-0.39, 0.29) is 0 Å². The van der Waals surface area contributed by atoms with Crippen LogP contribution in [-0.4, -0.2) is 24.7 Å². The van der Waals surface area contributed by atoms with E-state index in [1.165, 1.54) is 6.39 Å². The molecule has 1 aromatic rings. The average molecular weight is 210 g/mol. The van der Waals surface area contributed by atoms with Gasteiger partial charge in [0.1, 0.15) is 5.76 Å². The average Bonchev–Trinajstić information content (AvgIpc) is 2.84. The van der Waals surface area contributed by atoms with Crippen LogP contribution in [0.3, 0.4) is 0 Å². The number of oxazole rings is 1. The topological polar surface area (TPSA) is 47.3 Å². The van der Waals surface area contributed by atoms with Gasteiger partial charge in [-0.3, -0.25) is 0 Å². The minimum Gasteiger partial charge on any atom is -0.448 e. The SMILES string of the molecule is CCC1OCCC1c1ocnc1CNC. The fourth-order valence-corrected chi connectivity index (χ4v) is 2.23. The van der Waals surface area contributed by atoms with Gasteiger partial charge in [0.05, 0.1) is 11.8 Å². The van der Waals surface area contributed by atoms with Crippen LogP contribution in [0.5, 0.6) is 0 Å². The second kappa shape index (κ2) is 4.77. The molecule has 2 atom stereocenters. The summed E-state index contributed by atoms with van der Waals surface area (Å²) >= 11 is 0. The number of ether oxygens (including phenoxy) is 1. The van der Waals surface area contributed by atoms with Crippen LogP contribution in [0.1, 0.15) is 37.1 Å². The Morgan fingerprint density at radius 2 is 2.47 bits per heavy atom. The maximum Gasteiger partial charge on any atom is 0.181 e. The molecule has 0 spiro atoms.